The van der Waals surface area contributed by atoms with Gasteiger partial charge in [0.1, 0.15) is 0 Å². The molecule has 2 aliphatic heterocycles. The molecule has 0 aromatic rings. The van der Waals surface area contributed by atoms with Crippen LogP contribution in [0, 0.1) is 0 Å². The van der Waals surface area contributed by atoms with Gasteiger partial charge in [-0.05, 0) is 12.8 Å². The maximum absolute atomic E-state index is 12.7. The van der Waals surface area contributed by atoms with Gasteiger partial charge < -0.3 is 5.11 Å². The summed E-state index contributed by atoms with van der Waals surface area (Å²) in [5, 5.41) is 10.1. The summed E-state index contributed by atoms with van der Waals surface area (Å²) in [5.41, 5.74) is 0. The second kappa shape index (κ2) is 6.30. The van der Waals surface area contributed by atoms with Crippen LogP contribution in [0.25, 0.3) is 0 Å². The Morgan fingerprint density at radius 2 is 1.84 bits per heavy atom. The molecule has 19 heavy (non-hydrogen) atoms. The lowest BCUT2D eigenvalue weighted by Crippen LogP contribution is -2.55. The van der Waals surface area contributed by atoms with Gasteiger partial charge in [0.15, 0.2) is 0 Å². The van der Waals surface area contributed by atoms with E-state index < -0.39 is 10.2 Å². The minimum atomic E-state index is -3.42. The molecule has 2 rings (SSSR count). The van der Waals surface area contributed by atoms with Gasteiger partial charge >= 0.3 is 0 Å². The van der Waals surface area contributed by atoms with E-state index in [4.69, 9.17) is 0 Å². The Labute approximate surface area is 120 Å². The van der Waals surface area contributed by atoms with E-state index in [2.05, 4.69) is 13.8 Å². The highest BCUT2D eigenvalue weighted by Crippen LogP contribution is 2.29. The van der Waals surface area contributed by atoms with Crippen molar-refractivity contribution >= 4 is 22.0 Å². The van der Waals surface area contributed by atoms with E-state index in [1.807, 2.05) is 11.8 Å². The number of hydrogen-bond acceptors (Lipinski definition) is 4. The highest BCUT2D eigenvalue weighted by atomic mass is 32.2. The van der Waals surface area contributed by atoms with Crippen LogP contribution in [-0.2, 0) is 10.2 Å². The monoisotopic (exact) mass is 308 g/mol. The molecule has 0 radical (unpaired) electrons. The molecule has 0 aromatic heterocycles. The van der Waals surface area contributed by atoms with E-state index in [-0.39, 0.29) is 12.6 Å². The fourth-order valence-electron chi connectivity index (χ4n) is 2.93. The van der Waals surface area contributed by atoms with E-state index in [9.17, 15) is 13.5 Å². The average Bonchev–Trinajstić information content (AvgIpc) is 2.37. The largest absolute Gasteiger partial charge is 0.395 e. The van der Waals surface area contributed by atoms with E-state index >= 15 is 0 Å². The SMILES string of the molecule is CC1CN(S(=O)(=O)N2CCCCC2CO)CC(C)S1. The topological polar surface area (TPSA) is 60.9 Å². The second-order valence-corrected chi connectivity index (χ2v) is 9.29. The molecule has 0 saturated carbocycles. The van der Waals surface area contributed by atoms with Crippen molar-refractivity contribution in [3.63, 3.8) is 0 Å². The third-order valence-corrected chi connectivity index (χ3v) is 7.04. The van der Waals surface area contributed by atoms with E-state index in [1.54, 1.807) is 4.31 Å². The van der Waals surface area contributed by atoms with Crippen LogP contribution in [0.5, 0.6) is 0 Å². The minimum Gasteiger partial charge on any atom is -0.395 e. The van der Waals surface area contributed by atoms with Crippen LogP contribution < -0.4 is 0 Å². The minimum absolute atomic E-state index is 0.0765. The molecule has 5 nitrogen and oxygen atoms in total. The highest BCUT2D eigenvalue weighted by molar-refractivity contribution is 8.00. The molecule has 2 fully saturated rings. The maximum Gasteiger partial charge on any atom is 0.282 e. The van der Waals surface area contributed by atoms with Gasteiger partial charge in [-0.1, -0.05) is 20.3 Å². The first-order valence-corrected chi connectivity index (χ1v) is 9.32. The lowest BCUT2D eigenvalue weighted by Gasteiger charge is -2.40. The Bertz CT molecular complexity index is 392. The van der Waals surface area contributed by atoms with Crippen molar-refractivity contribution in [2.75, 3.05) is 26.2 Å². The normalized spacial score (nSPS) is 35.4. The van der Waals surface area contributed by atoms with Crippen LogP contribution in [0.2, 0.25) is 0 Å². The highest BCUT2D eigenvalue weighted by Gasteiger charge is 2.39. The number of nitrogens with zero attached hydrogens (tertiary/aromatic N) is 2. The van der Waals surface area contributed by atoms with Crippen LogP contribution in [0.4, 0.5) is 0 Å². The molecule has 0 bridgehead atoms. The second-order valence-electron chi connectivity index (χ2n) is 5.52. The molecule has 0 spiro atoms. The van der Waals surface area contributed by atoms with Crippen molar-refractivity contribution in [2.24, 2.45) is 0 Å². The molecule has 1 N–H and O–H groups in total. The molecule has 7 heteroatoms. The Hall–Kier alpha value is 0.180. The predicted octanol–water partition coefficient (Wildman–Crippen LogP) is 0.904. The lowest BCUT2D eigenvalue weighted by molar-refractivity contribution is 0.147. The van der Waals surface area contributed by atoms with Gasteiger partial charge in [-0.25, -0.2) is 0 Å². The zero-order valence-electron chi connectivity index (χ0n) is 11.7. The summed E-state index contributed by atoms with van der Waals surface area (Å²) in [7, 11) is -3.42. The van der Waals surface area contributed by atoms with Crippen LogP contribution in [0.3, 0.4) is 0 Å². The molecular weight excluding hydrogens is 284 g/mol. The summed E-state index contributed by atoms with van der Waals surface area (Å²) in [5.74, 6) is 0. The summed E-state index contributed by atoms with van der Waals surface area (Å²) < 4.78 is 28.6. The maximum atomic E-state index is 12.7. The lowest BCUT2D eigenvalue weighted by atomic mass is 10.1. The van der Waals surface area contributed by atoms with Gasteiger partial charge in [0.2, 0.25) is 0 Å². The van der Waals surface area contributed by atoms with Crippen LogP contribution in [0.15, 0.2) is 0 Å². The molecule has 3 unspecified atom stereocenters. The Morgan fingerprint density at radius 3 is 2.42 bits per heavy atom. The van der Waals surface area contributed by atoms with Gasteiger partial charge in [0, 0.05) is 36.2 Å². The zero-order valence-corrected chi connectivity index (χ0v) is 13.3. The van der Waals surface area contributed by atoms with Gasteiger partial charge in [0.25, 0.3) is 10.2 Å². The summed E-state index contributed by atoms with van der Waals surface area (Å²) in [6, 6.07) is -0.237. The summed E-state index contributed by atoms with van der Waals surface area (Å²) >= 11 is 1.84. The number of hydrogen-bond donors (Lipinski definition) is 1. The average molecular weight is 308 g/mol. The Morgan fingerprint density at radius 1 is 1.21 bits per heavy atom. The van der Waals surface area contributed by atoms with Crippen LogP contribution in [0.1, 0.15) is 33.1 Å². The molecule has 0 aliphatic carbocycles. The van der Waals surface area contributed by atoms with E-state index in [0.717, 1.165) is 19.3 Å². The molecule has 3 atom stereocenters. The molecule has 0 aromatic carbocycles. The molecule has 2 aliphatic rings. The Kier molecular flexibility index (Phi) is 5.16. The summed E-state index contributed by atoms with van der Waals surface area (Å²) in [6.07, 6.45) is 2.66. The molecule has 2 heterocycles. The van der Waals surface area contributed by atoms with Gasteiger partial charge in [-0.3, -0.25) is 0 Å². The van der Waals surface area contributed by atoms with Crippen molar-refractivity contribution in [1.29, 1.82) is 0 Å². The first-order chi connectivity index (χ1) is 8.95. The van der Waals surface area contributed by atoms with Crippen molar-refractivity contribution in [1.82, 2.24) is 8.61 Å². The number of thioether (sulfide) groups is 1. The number of aliphatic hydroxyl groups excluding tert-OH is 1. The van der Waals surface area contributed by atoms with Crippen LogP contribution in [-0.4, -0.2) is 64.9 Å². The summed E-state index contributed by atoms with van der Waals surface area (Å²) in [6.45, 7) is 5.76. The van der Waals surface area contributed by atoms with Crippen LogP contribution >= 0.6 is 11.8 Å². The fraction of sp³-hybridized carbons (Fsp3) is 1.00. The number of aliphatic hydroxyl groups is 1. The third kappa shape index (κ3) is 3.44. The van der Waals surface area contributed by atoms with Crippen molar-refractivity contribution in [3.05, 3.63) is 0 Å². The van der Waals surface area contributed by atoms with Crippen molar-refractivity contribution < 1.29 is 13.5 Å². The van der Waals surface area contributed by atoms with Crippen molar-refractivity contribution in [2.45, 2.75) is 49.7 Å². The molecule has 112 valence electrons. The van der Waals surface area contributed by atoms with E-state index in [0.29, 0.717) is 30.1 Å². The number of rotatable bonds is 3. The molecule has 2 saturated heterocycles. The molecule has 0 amide bonds. The van der Waals surface area contributed by atoms with Gasteiger partial charge in [-0.15, -0.1) is 0 Å². The van der Waals surface area contributed by atoms with Crippen molar-refractivity contribution in [3.8, 4) is 0 Å². The fourth-order valence-corrected chi connectivity index (χ4v) is 6.47. The summed E-state index contributed by atoms with van der Waals surface area (Å²) in [4.78, 5) is 0. The smallest absolute Gasteiger partial charge is 0.282 e. The first-order valence-electron chi connectivity index (χ1n) is 6.98. The molecular formula is C12H24N2O3S2. The standard InChI is InChI=1S/C12H24N2O3S2/c1-10-7-13(8-11(2)18-10)19(16,17)14-6-4-3-5-12(14)9-15/h10-12,15H,3-9H2,1-2H3. The third-order valence-electron chi connectivity index (χ3n) is 3.79. The van der Waals surface area contributed by atoms with Gasteiger partial charge in [0.05, 0.1) is 6.61 Å². The number of piperidine rings is 1. The van der Waals surface area contributed by atoms with Gasteiger partial charge in [-0.2, -0.15) is 28.8 Å². The first kappa shape index (κ1) is 15.6. The Balaban J connectivity index is 2.16. The zero-order chi connectivity index (χ0) is 14.0. The quantitative estimate of drug-likeness (QED) is 0.842. The predicted molar refractivity (Wildman–Crippen MR) is 78.4 cm³/mol. The van der Waals surface area contributed by atoms with E-state index in [1.165, 1.54) is 4.31 Å².